The SMILES string of the molecule is Cc1ccc(Oc2nc(Nc3cc(C)[nH]n3)c(C)c(N3CCCCC3)n2)cc1. The Balaban J connectivity index is 1.69. The minimum absolute atomic E-state index is 0.338. The number of aromatic nitrogens is 4. The van der Waals surface area contributed by atoms with Crippen molar-refractivity contribution in [2.24, 2.45) is 0 Å². The lowest BCUT2D eigenvalue weighted by Crippen LogP contribution is -2.31. The van der Waals surface area contributed by atoms with E-state index in [1.165, 1.54) is 24.8 Å². The Kier molecular flexibility index (Phi) is 5.14. The van der Waals surface area contributed by atoms with Crippen LogP contribution in [0.4, 0.5) is 17.5 Å². The van der Waals surface area contributed by atoms with Gasteiger partial charge in [0.1, 0.15) is 17.4 Å². The van der Waals surface area contributed by atoms with Crippen LogP contribution in [0.1, 0.15) is 36.1 Å². The second-order valence-electron chi connectivity index (χ2n) is 7.33. The first kappa shape index (κ1) is 18.3. The number of nitrogens with zero attached hydrogens (tertiary/aromatic N) is 4. The summed E-state index contributed by atoms with van der Waals surface area (Å²) in [5.41, 5.74) is 3.17. The first-order valence-electron chi connectivity index (χ1n) is 9.75. The number of hydrogen-bond acceptors (Lipinski definition) is 6. The summed E-state index contributed by atoms with van der Waals surface area (Å²) in [5, 5.41) is 10.5. The van der Waals surface area contributed by atoms with E-state index in [4.69, 9.17) is 9.72 Å². The third kappa shape index (κ3) is 4.08. The van der Waals surface area contributed by atoms with Gasteiger partial charge >= 0.3 is 6.01 Å². The van der Waals surface area contributed by atoms with Crippen LogP contribution in [0.15, 0.2) is 30.3 Å². The van der Waals surface area contributed by atoms with Gasteiger partial charge in [-0.25, -0.2) is 0 Å². The first-order chi connectivity index (χ1) is 13.6. The molecule has 1 aromatic carbocycles. The number of aryl methyl sites for hydroxylation is 2. The van der Waals surface area contributed by atoms with E-state index in [9.17, 15) is 0 Å². The molecule has 0 spiro atoms. The van der Waals surface area contributed by atoms with Crippen LogP contribution in [0.3, 0.4) is 0 Å². The number of nitrogens with one attached hydrogen (secondary N) is 2. The summed E-state index contributed by atoms with van der Waals surface area (Å²) in [6.07, 6.45) is 3.63. The van der Waals surface area contributed by atoms with Crippen LogP contribution in [-0.2, 0) is 0 Å². The number of aromatic amines is 1. The third-order valence-electron chi connectivity index (χ3n) is 4.94. The lowest BCUT2D eigenvalue weighted by molar-refractivity contribution is 0.440. The highest BCUT2D eigenvalue weighted by atomic mass is 16.5. The van der Waals surface area contributed by atoms with Gasteiger partial charge in [-0.2, -0.15) is 15.1 Å². The fourth-order valence-electron chi connectivity index (χ4n) is 3.38. The van der Waals surface area contributed by atoms with Crippen molar-refractivity contribution >= 4 is 17.5 Å². The van der Waals surface area contributed by atoms with Crippen LogP contribution < -0.4 is 15.0 Å². The maximum Gasteiger partial charge on any atom is 0.325 e. The fourth-order valence-corrected chi connectivity index (χ4v) is 3.38. The van der Waals surface area contributed by atoms with Crippen molar-refractivity contribution in [1.29, 1.82) is 0 Å². The zero-order chi connectivity index (χ0) is 19.5. The molecule has 4 rings (SSSR count). The van der Waals surface area contributed by atoms with Crippen LogP contribution in [-0.4, -0.2) is 33.3 Å². The van der Waals surface area contributed by atoms with Crippen molar-refractivity contribution < 1.29 is 4.74 Å². The van der Waals surface area contributed by atoms with E-state index >= 15 is 0 Å². The Morgan fingerprint density at radius 1 is 1.00 bits per heavy atom. The molecule has 0 unspecified atom stereocenters. The molecule has 0 saturated carbocycles. The van der Waals surface area contributed by atoms with Crippen LogP contribution in [0.2, 0.25) is 0 Å². The molecule has 7 heteroatoms. The average molecular weight is 378 g/mol. The summed E-state index contributed by atoms with van der Waals surface area (Å²) in [7, 11) is 0. The third-order valence-corrected chi connectivity index (χ3v) is 4.94. The second kappa shape index (κ2) is 7.88. The molecular weight excluding hydrogens is 352 g/mol. The standard InChI is InChI=1S/C21H26N6O/c1-14-7-9-17(10-8-14)28-21-23-19(22-18-13-15(2)25-26-18)16(3)20(24-21)27-11-5-4-6-12-27/h7-10,13H,4-6,11-12H2,1-3H3,(H2,22,23,24,25,26). The normalized spacial score (nSPS) is 14.2. The predicted octanol–water partition coefficient (Wildman–Crippen LogP) is 4.65. The summed E-state index contributed by atoms with van der Waals surface area (Å²) in [6, 6.07) is 10.2. The molecular formula is C21H26N6O. The molecule has 0 atom stereocenters. The van der Waals surface area contributed by atoms with Gasteiger partial charge in [0.25, 0.3) is 0 Å². The van der Waals surface area contributed by atoms with Crippen LogP contribution >= 0.6 is 0 Å². The minimum Gasteiger partial charge on any atom is -0.424 e. The van der Waals surface area contributed by atoms with Gasteiger partial charge < -0.3 is 15.0 Å². The quantitative estimate of drug-likeness (QED) is 0.673. The predicted molar refractivity (Wildman–Crippen MR) is 111 cm³/mol. The molecule has 2 aromatic heterocycles. The number of piperidine rings is 1. The van der Waals surface area contributed by atoms with E-state index in [1.54, 1.807) is 0 Å². The Hall–Kier alpha value is -3.09. The Labute approximate surface area is 165 Å². The summed E-state index contributed by atoms with van der Waals surface area (Å²) in [6.45, 7) is 8.07. The fraction of sp³-hybridized carbons (Fsp3) is 0.381. The molecule has 0 radical (unpaired) electrons. The van der Waals surface area contributed by atoms with E-state index in [0.717, 1.165) is 41.7 Å². The Bertz CT molecular complexity index is 944. The summed E-state index contributed by atoms with van der Waals surface area (Å²) >= 11 is 0. The van der Waals surface area contributed by atoms with Gasteiger partial charge in [-0.3, -0.25) is 5.10 Å². The molecule has 1 saturated heterocycles. The molecule has 3 aromatic rings. The zero-order valence-electron chi connectivity index (χ0n) is 16.6. The largest absolute Gasteiger partial charge is 0.424 e. The molecule has 2 N–H and O–H groups in total. The highest BCUT2D eigenvalue weighted by Crippen LogP contribution is 2.31. The molecule has 1 aliphatic rings. The van der Waals surface area contributed by atoms with Gasteiger partial charge in [0.2, 0.25) is 0 Å². The molecule has 28 heavy (non-hydrogen) atoms. The molecule has 0 bridgehead atoms. The van der Waals surface area contributed by atoms with Crippen molar-refractivity contribution in [3.63, 3.8) is 0 Å². The van der Waals surface area contributed by atoms with E-state index in [-0.39, 0.29) is 0 Å². The van der Waals surface area contributed by atoms with Crippen LogP contribution in [0, 0.1) is 20.8 Å². The Morgan fingerprint density at radius 3 is 2.43 bits per heavy atom. The highest BCUT2D eigenvalue weighted by molar-refractivity contribution is 5.64. The summed E-state index contributed by atoms with van der Waals surface area (Å²) in [5.74, 6) is 3.08. The van der Waals surface area contributed by atoms with Crippen molar-refractivity contribution in [2.45, 2.75) is 40.0 Å². The van der Waals surface area contributed by atoms with E-state index in [1.807, 2.05) is 44.2 Å². The van der Waals surface area contributed by atoms with Gasteiger partial charge in [0.05, 0.1) is 0 Å². The summed E-state index contributed by atoms with van der Waals surface area (Å²) < 4.78 is 5.99. The number of hydrogen-bond donors (Lipinski definition) is 2. The second-order valence-corrected chi connectivity index (χ2v) is 7.33. The van der Waals surface area contributed by atoms with Crippen molar-refractivity contribution in [3.8, 4) is 11.8 Å². The number of anilines is 3. The van der Waals surface area contributed by atoms with E-state index in [2.05, 4.69) is 32.3 Å². The van der Waals surface area contributed by atoms with Crippen molar-refractivity contribution in [2.75, 3.05) is 23.3 Å². The number of H-pyrrole nitrogens is 1. The minimum atomic E-state index is 0.338. The lowest BCUT2D eigenvalue weighted by Gasteiger charge is -2.29. The lowest BCUT2D eigenvalue weighted by atomic mass is 10.1. The molecule has 0 aliphatic carbocycles. The molecule has 3 heterocycles. The van der Waals surface area contributed by atoms with Crippen LogP contribution in [0.25, 0.3) is 0 Å². The van der Waals surface area contributed by atoms with Gasteiger partial charge in [-0.05, 0) is 52.2 Å². The number of benzene rings is 1. The highest BCUT2D eigenvalue weighted by Gasteiger charge is 2.20. The maximum atomic E-state index is 5.99. The smallest absolute Gasteiger partial charge is 0.325 e. The molecule has 146 valence electrons. The molecule has 0 amide bonds. The van der Waals surface area contributed by atoms with Crippen molar-refractivity contribution in [3.05, 3.63) is 47.2 Å². The number of rotatable bonds is 5. The monoisotopic (exact) mass is 378 g/mol. The zero-order valence-corrected chi connectivity index (χ0v) is 16.6. The van der Waals surface area contributed by atoms with Gasteiger partial charge in [0.15, 0.2) is 5.82 Å². The molecule has 7 nitrogen and oxygen atoms in total. The maximum absolute atomic E-state index is 5.99. The van der Waals surface area contributed by atoms with Gasteiger partial charge in [0, 0.05) is 30.4 Å². The van der Waals surface area contributed by atoms with E-state index < -0.39 is 0 Å². The molecule has 1 fully saturated rings. The molecule has 1 aliphatic heterocycles. The first-order valence-corrected chi connectivity index (χ1v) is 9.75. The van der Waals surface area contributed by atoms with Gasteiger partial charge in [-0.15, -0.1) is 0 Å². The average Bonchev–Trinajstić information content (AvgIpc) is 3.11. The van der Waals surface area contributed by atoms with Gasteiger partial charge in [-0.1, -0.05) is 17.7 Å². The van der Waals surface area contributed by atoms with E-state index in [0.29, 0.717) is 11.8 Å². The number of ether oxygens (including phenoxy) is 1. The Morgan fingerprint density at radius 2 is 1.75 bits per heavy atom. The summed E-state index contributed by atoms with van der Waals surface area (Å²) in [4.78, 5) is 11.7. The van der Waals surface area contributed by atoms with Crippen molar-refractivity contribution in [1.82, 2.24) is 20.2 Å². The topological polar surface area (TPSA) is 79.0 Å². The van der Waals surface area contributed by atoms with Crippen LogP contribution in [0.5, 0.6) is 11.8 Å².